The first-order valence-corrected chi connectivity index (χ1v) is 7.62. The fourth-order valence-electron chi connectivity index (χ4n) is 2.70. The van der Waals surface area contributed by atoms with Crippen molar-refractivity contribution in [2.24, 2.45) is 0 Å². The summed E-state index contributed by atoms with van der Waals surface area (Å²) in [6, 6.07) is 0.172. The third-order valence-corrected chi connectivity index (χ3v) is 4.63. The first kappa shape index (κ1) is 13.3. The van der Waals surface area contributed by atoms with Crippen molar-refractivity contribution in [1.29, 1.82) is 0 Å². The quantitative estimate of drug-likeness (QED) is 0.920. The lowest BCUT2D eigenvalue weighted by molar-refractivity contribution is 0.0931. The molecule has 0 radical (unpaired) electrons. The van der Waals surface area contributed by atoms with Crippen LogP contribution in [-0.2, 0) is 13.0 Å². The van der Waals surface area contributed by atoms with E-state index in [-0.39, 0.29) is 11.9 Å². The number of fused-ring (bicyclic) bond motifs is 1. The summed E-state index contributed by atoms with van der Waals surface area (Å²) in [5.74, 6) is 1.12. The molecule has 0 bridgehead atoms. The number of aromatic nitrogens is 3. The minimum absolute atomic E-state index is 0.00149. The normalized spacial score (nSPS) is 17.9. The molecule has 0 spiro atoms. The van der Waals surface area contributed by atoms with Crippen LogP contribution in [0, 0.1) is 20.8 Å². The molecule has 0 aromatic carbocycles. The van der Waals surface area contributed by atoms with E-state index in [2.05, 4.69) is 26.0 Å². The van der Waals surface area contributed by atoms with Crippen molar-refractivity contribution < 1.29 is 4.79 Å². The van der Waals surface area contributed by atoms with Gasteiger partial charge in [-0.1, -0.05) is 0 Å². The van der Waals surface area contributed by atoms with E-state index in [1.54, 1.807) is 0 Å². The zero-order valence-corrected chi connectivity index (χ0v) is 12.8. The third-order valence-electron chi connectivity index (χ3n) is 3.56. The fraction of sp³-hybridized carbons (Fsp3) is 0.500. The average Bonchev–Trinajstić information content (AvgIpc) is 2.90. The molecule has 106 valence electrons. The number of nitrogens with one attached hydrogen (secondary N) is 1. The molecule has 1 N–H and O–H groups in total. The van der Waals surface area contributed by atoms with Crippen molar-refractivity contribution in [3.8, 4) is 0 Å². The van der Waals surface area contributed by atoms with Gasteiger partial charge in [0.2, 0.25) is 0 Å². The van der Waals surface area contributed by atoms with Crippen molar-refractivity contribution in [2.75, 3.05) is 0 Å². The Morgan fingerprint density at radius 3 is 2.90 bits per heavy atom. The Morgan fingerprint density at radius 2 is 2.20 bits per heavy atom. The van der Waals surface area contributed by atoms with E-state index < -0.39 is 0 Å². The number of rotatable bonds is 2. The third kappa shape index (κ3) is 2.47. The number of carbonyl (C=O) groups is 1. The molecular weight excluding hydrogens is 272 g/mol. The summed E-state index contributed by atoms with van der Waals surface area (Å²) in [4.78, 5) is 21.8. The zero-order valence-electron chi connectivity index (χ0n) is 11.9. The lowest BCUT2D eigenvalue weighted by Gasteiger charge is -2.24. The second-order valence-electron chi connectivity index (χ2n) is 5.31. The molecule has 2 aromatic heterocycles. The van der Waals surface area contributed by atoms with Crippen LogP contribution in [0.3, 0.4) is 0 Å². The predicted octanol–water partition coefficient (Wildman–Crippen LogP) is 2.01. The summed E-state index contributed by atoms with van der Waals surface area (Å²) in [5, 5.41) is 4.06. The lowest BCUT2D eigenvalue weighted by Crippen LogP contribution is -2.40. The van der Waals surface area contributed by atoms with Crippen LogP contribution in [0.4, 0.5) is 0 Å². The fourth-order valence-corrected chi connectivity index (χ4v) is 3.52. The van der Waals surface area contributed by atoms with Crippen LogP contribution < -0.4 is 5.32 Å². The number of thiazole rings is 1. The second-order valence-corrected chi connectivity index (χ2v) is 6.51. The van der Waals surface area contributed by atoms with Gasteiger partial charge in [0.05, 0.1) is 16.4 Å². The summed E-state index contributed by atoms with van der Waals surface area (Å²) in [6.07, 6.45) is 3.91. The highest BCUT2D eigenvalue weighted by Crippen LogP contribution is 2.19. The molecule has 0 fully saturated rings. The molecule has 0 unspecified atom stereocenters. The highest BCUT2D eigenvalue weighted by atomic mass is 32.1. The lowest BCUT2D eigenvalue weighted by atomic mass is 10.1. The van der Waals surface area contributed by atoms with Crippen LogP contribution in [-0.4, -0.2) is 26.5 Å². The molecule has 3 rings (SSSR count). The highest BCUT2D eigenvalue weighted by molar-refractivity contribution is 7.13. The van der Waals surface area contributed by atoms with Crippen LogP contribution in [0.15, 0.2) is 6.20 Å². The maximum atomic E-state index is 12.3. The van der Waals surface area contributed by atoms with E-state index in [0.717, 1.165) is 46.5 Å². The predicted molar refractivity (Wildman–Crippen MR) is 78.1 cm³/mol. The molecule has 0 saturated heterocycles. The molecule has 3 heterocycles. The molecule has 1 amide bonds. The number of hydrogen-bond acceptors (Lipinski definition) is 4. The van der Waals surface area contributed by atoms with E-state index in [1.165, 1.54) is 11.3 Å². The Morgan fingerprint density at radius 1 is 1.40 bits per heavy atom. The Hall–Kier alpha value is -1.69. The number of aryl methyl sites for hydroxylation is 4. The molecular formula is C14H18N4OS. The standard InChI is InChI=1S/C14H18N4OS/c1-8-6-18-7-11(4-5-12(18)15-8)17-14(19)13-9(2)16-10(3)20-13/h6,11H,4-5,7H2,1-3H3,(H,17,19)/t11-/m1/s1. The molecule has 1 aliphatic rings. The first-order valence-electron chi connectivity index (χ1n) is 6.80. The molecule has 1 aliphatic heterocycles. The molecule has 2 aromatic rings. The zero-order chi connectivity index (χ0) is 14.3. The van der Waals surface area contributed by atoms with Gasteiger partial charge in [-0.15, -0.1) is 11.3 Å². The van der Waals surface area contributed by atoms with Crippen LogP contribution in [0.2, 0.25) is 0 Å². The molecule has 6 heteroatoms. The summed E-state index contributed by atoms with van der Waals surface area (Å²) in [7, 11) is 0. The first-order chi connectivity index (χ1) is 9.52. The van der Waals surface area contributed by atoms with Gasteiger partial charge in [0, 0.05) is 25.2 Å². The number of hydrogen-bond donors (Lipinski definition) is 1. The van der Waals surface area contributed by atoms with E-state index in [9.17, 15) is 4.79 Å². The number of carbonyl (C=O) groups excluding carboxylic acids is 1. The van der Waals surface area contributed by atoms with Crippen LogP contribution in [0.1, 0.15) is 38.3 Å². The molecule has 1 atom stereocenters. The van der Waals surface area contributed by atoms with Crippen molar-refractivity contribution in [1.82, 2.24) is 19.9 Å². The second kappa shape index (κ2) is 5.01. The van der Waals surface area contributed by atoms with E-state index in [0.29, 0.717) is 0 Å². The summed E-state index contributed by atoms with van der Waals surface area (Å²) < 4.78 is 2.15. The Labute approximate surface area is 122 Å². The maximum absolute atomic E-state index is 12.3. The van der Waals surface area contributed by atoms with Gasteiger partial charge in [-0.05, 0) is 27.2 Å². The monoisotopic (exact) mass is 290 g/mol. The Balaban J connectivity index is 1.70. The van der Waals surface area contributed by atoms with Crippen molar-refractivity contribution in [3.63, 3.8) is 0 Å². The molecule has 20 heavy (non-hydrogen) atoms. The smallest absolute Gasteiger partial charge is 0.263 e. The summed E-state index contributed by atoms with van der Waals surface area (Å²) >= 11 is 1.46. The molecule has 5 nitrogen and oxygen atoms in total. The summed E-state index contributed by atoms with van der Waals surface area (Å²) in [5.41, 5.74) is 1.86. The van der Waals surface area contributed by atoms with Gasteiger partial charge < -0.3 is 9.88 Å². The Bertz CT molecular complexity index is 658. The van der Waals surface area contributed by atoms with Gasteiger partial charge in [0.25, 0.3) is 5.91 Å². The van der Waals surface area contributed by atoms with Crippen LogP contribution in [0.25, 0.3) is 0 Å². The summed E-state index contributed by atoms with van der Waals surface area (Å²) in [6.45, 7) is 6.62. The van der Waals surface area contributed by atoms with E-state index in [1.807, 2.05) is 20.8 Å². The van der Waals surface area contributed by atoms with Crippen LogP contribution >= 0.6 is 11.3 Å². The van der Waals surface area contributed by atoms with Gasteiger partial charge in [-0.3, -0.25) is 4.79 Å². The maximum Gasteiger partial charge on any atom is 0.263 e. The minimum Gasteiger partial charge on any atom is -0.347 e. The van der Waals surface area contributed by atoms with Crippen molar-refractivity contribution in [3.05, 3.63) is 33.3 Å². The highest BCUT2D eigenvalue weighted by Gasteiger charge is 2.23. The van der Waals surface area contributed by atoms with Gasteiger partial charge in [0.15, 0.2) is 0 Å². The molecule has 0 aliphatic carbocycles. The van der Waals surface area contributed by atoms with Gasteiger partial charge >= 0.3 is 0 Å². The van der Waals surface area contributed by atoms with E-state index in [4.69, 9.17) is 0 Å². The van der Waals surface area contributed by atoms with Crippen LogP contribution in [0.5, 0.6) is 0 Å². The molecule has 0 saturated carbocycles. The number of amides is 1. The van der Waals surface area contributed by atoms with Gasteiger partial charge in [-0.25, -0.2) is 9.97 Å². The number of nitrogens with zero attached hydrogens (tertiary/aromatic N) is 3. The number of imidazole rings is 1. The van der Waals surface area contributed by atoms with Crippen molar-refractivity contribution in [2.45, 2.75) is 46.2 Å². The average molecular weight is 290 g/mol. The SMILES string of the molecule is Cc1cn2c(n1)CC[C@@H](NC(=O)c1sc(C)nc1C)C2. The minimum atomic E-state index is -0.00149. The van der Waals surface area contributed by atoms with Crippen molar-refractivity contribution >= 4 is 17.2 Å². The van der Waals surface area contributed by atoms with E-state index >= 15 is 0 Å². The van der Waals surface area contributed by atoms with Gasteiger partial charge in [0.1, 0.15) is 10.7 Å². The van der Waals surface area contributed by atoms with Gasteiger partial charge in [-0.2, -0.15) is 0 Å². The Kier molecular flexibility index (Phi) is 3.33. The largest absolute Gasteiger partial charge is 0.347 e. The topological polar surface area (TPSA) is 59.8 Å².